The van der Waals surface area contributed by atoms with Gasteiger partial charge in [-0.3, -0.25) is 14.5 Å². The lowest BCUT2D eigenvalue weighted by Crippen LogP contribution is -2.29. The van der Waals surface area contributed by atoms with Gasteiger partial charge in [-0.25, -0.2) is 0 Å². The van der Waals surface area contributed by atoms with Gasteiger partial charge in [0.2, 0.25) is 0 Å². The third kappa shape index (κ3) is 3.74. The Labute approximate surface area is 184 Å². The molecule has 1 N–H and O–H groups in total. The fourth-order valence-electron chi connectivity index (χ4n) is 3.60. The molecule has 0 bridgehead atoms. The van der Waals surface area contributed by atoms with Crippen molar-refractivity contribution in [3.8, 4) is 11.8 Å². The highest BCUT2D eigenvalue weighted by molar-refractivity contribution is 6.51. The first kappa shape index (κ1) is 20.9. The highest BCUT2D eigenvalue weighted by Crippen LogP contribution is 2.42. The number of aliphatic hydroxyl groups is 1. The van der Waals surface area contributed by atoms with Crippen LogP contribution in [0.15, 0.2) is 76.9 Å². The van der Waals surface area contributed by atoms with E-state index in [4.69, 9.17) is 14.4 Å². The SMILES string of the molecule is CCCOc1ccc(/C(O)=C2/C(=O)C(=O)N(c3ccc(C#N)cc3)C2c2ccco2)cc1. The minimum absolute atomic E-state index is 0.0727. The number of carbonyl (C=O) groups is 2. The van der Waals surface area contributed by atoms with Crippen molar-refractivity contribution >= 4 is 23.1 Å². The van der Waals surface area contributed by atoms with E-state index in [0.717, 1.165) is 6.42 Å². The van der Waals surface area contributed by atoms with E-state index in [2.05, 4.69) is 0 Å². The number of nitriles is 1. The minimum Gasteiger partial charge on any atom is -0.507 e. The van der Waals surface area contributed by atoms with Crippen LogP contribution in [-0.2, 0) is 9.59 Å². The summed E-state index contributed by atoms with van der Waals surface area (Å²) in [7, 11) is 0. The molecule has 7 nitrogen and oxygen atoms in total. The third-order valence-electron chi connectivity index (χ3n) is 5.13. The lowest BCUT2D eigenvalue weighted by atomic mass is 9.99. The first-order chi connectivity index (χ1) is 15.5. The van der Waals surface area contributed by atoms with Crippen molar-refractivity contribution in [2.24, 2.45) is 0 Å². The Hall–Kier alpha value is -4.31. The summed E-state index contributed by atoms with van der Waals surface area (Å²) < 4.78 is 11.1. The van der Waals surface area contributed by atoms with Gasteiger partial charge in [0.1, 0.15) is 23.3 Å². The molecule has 1 atom stereocenters. The average molecular weight is 428 g/mol. The number of ketones is 1. The fraction of sp³-hybridized carbons (Fsp3) is 0.160. The number of ether oxygens (including phenoxy) is 1. The molecule has 2 aromatic carbocycles. The van der Waals surface area contributed by atoms with Crippen molar-refractivity contribution in [3.63, 3.8) is 0 Å². The van der Waals surface area contributed by atoms with Crippen LogP contribution in [0.25, 0.3) is 5.76 Å². The molecule has 1 saturated heterocycles. The number of benzene rings is 2. The largest absolute Gasteiger partial charge is 0.507 e. The number of carbonyl (C=O) groups excluding carboxylic acids is 2. The summed E-state index contributed by atoms with van der Waals surface area (Å²) in [6.45, 7) is 2.57. The Morgan fingerprint density at radius 2 is 1.84 bits per heavy atom. The van der Waals surface area contributed by atoms with Crippen molar-refractivity contribution in [2.75, 3.05) is 11.5 Å². The van der Waals surface area contributed by atoms with Crippen molar-refractivity contribution in [1.29, 1.82) is 5.26 Å². The normalized spacial score (nSPS) is 17.4. The predicted octanol–water partition coefficient (Wildman–Crippen LogP) is 4.57. The van der Waals surface area contributed by atoms with Gasteiger partial charge in [-0.05, 0) is 67.1 Å². The van der Waals surface area contributed by atoms with Gasteiger partial charge in [-0.1, -0.05) is 6.92 Å². The molecule has 1 fully saturated rings. The molecule has 0 radical (unpaired) electrons. The summed E-state index contributed by atoms with van der Waals surface area (Å²) in [6, 6.07) is 17.3. The monoisotopic (exact) mass is 428 g/mol. The lowest BCUT2D eigenvalue weighted by Gasteiger charge is -2.23. The Balaban J connectivity index is 1.80. The minimum atomic E-state index is -0.950. The van der Waals surface area contributed by atoms with Crippen LogP contribution in [0.4, 0.5) is 5.69 Å². The molecule has 1 amide bonds. The number of hydrogen-bond donors (Lipinski definition) is 1. The molecule has 0 saturated carbocycles. The van der Waals surface area contributed by atoms with Gasteiger partial charge in [0.25, 0.3) is 11.7 Å². The second kappa shape index (κ2) is 8.82. The topological polar surface area (TPSA) is 104 Å². The number of nitrogens with zero attached hydrogens (tertiary/aromatic N) is 2. The second-order valence-electron chi connectivity index (χ2n) is 7.22. The Bertz CT molecular complexity index is 1200. The zero-order valence-electron chi connectivity index (χ0n) is 17.3. The first-order valence-electron chi connectivity index (χ1n) is 10.1. The van der Waals surface area contributed by atoms with Crippen LogP contribution < -0.4 is 9.64 Å². The van der Waals surface area contributed by atoms with Crippen LogP contribution in [0.2, 0.25) is 0 Å². The third-order valence-corrected chi connectivity index (χ3v) is 5.13. The first-order valence-corrected chi connectivity index (χ1v) is 10.1. The van der Waals surface area contributed by atoms with Gasteiger partial charge in [0.15, 0.2) is 0 Å². The summed E-state index contributed by atoms with van der Waals surface area (Å²) in [6.07, 6.45) is 2.30. The van der Waals surface area contributed by atoms with Gasteiger partial charge < -0.3 is 14.3 Å². The van der Waals surface area contributed by atoms with Crippen molar-refractivity contribution in [3.05, 3.63) is 89.4 Å². The van der Waals surface area contributed by atoms with Gasteiger partial charge in [0, 0.05) is 11.3 Å². The predicted molar refractivity (Wildman–Crippen MR) is 117 cm³/mol. The number of rotatable bonds is 6. The summed E-state index contributed by atoms with van der Waals surface area (Å²) in [5.41, 5.74) is 1.14. The van der Waals surface area contributed by atoms with Crippen molar-refractivity contribution < 1.29 is 23.8 Å². The van der Waals surface area contributed by atoms with E-state index < -0.39 is 17.7 Å². The zero-order valence-corrected chi connectivity index (χ0v) is 17.3. The summed E-state index contributed by atoms with van der Waals surface area (Å²) in [4.78, 5) is 27.3. The maximum atomic E-state index is 13.0. The summed E-state index contributed by atoms with van der Waals surface area (Å²) in [5.74, 6) is -0.940. The van der Waals surface area contributed by atoms with Crippen LogP contribution in [0.3, 0.4) is 0 Å². The Kier molecular flexibility index (Phi) is 5.77. The van der Waals surface area contributed by atoms with E-state index in [1.165, 1.54) is 11.2 Å². The number of furan rings is 1. The van der Waals surface area contributed by atoms with E-state index in [1.54, 1.807) is 60.7 Å². The molecule has 0 aliphatic carbocycles. The highest BCUT2D eigenvalue weighted by atomic mass is 16.5. The van der Waals surface area contributed by atoms with Crippen molar-refractivity contribution in [2.45, 2.75) is 19.4 Å². The molecule has 3 aromatic rings. The maximum Gasteiger partial charge on any atom is 0.300 e. The summed E-state index contributed by atoms with van der Waals surface area (Å²) >= 11 is 0. The molecular weight excluding hydrogens is 408 g/mol. The molecule has 1 aromatic heterocycles. The Morgan fingerprint density at radius 1 is 1.12 bits per heavy atom. The molecule has 2 heterocycles. The van der Waals surface area contributed by atoms with Crippen LogP contribution in [-0.4, -0.2) is 23.4 Å². The molecule has 0 spiro atoms. The molecule has 160 valence electrons. The number of aliphatic hydroxyl groups excluding tert-OH is 1. The quantitative estimate of drug-likeness (QED) is 0.350. The van der Waals surface area contributed by atoms with E-state index >= 15 is 0 Å². The molecule has 1 unspecified atom stereocenters. The van der Waals surface area contributed by atoms with E-state index in [1.807, 2.05) is 13.0 Å². The molecular formula is C25H20N2O5. The number of hydrogen-bond acceptors (Lipinski definition) is 6. The molecule has 4 rings (SSSR count). The van der Waals surface area contributed by atoms with Crippen LogP contribution in [0.1, 0.15) is 36.3 Å². The van der Waals surface area contributed by atoms with Crippen molar-refractivity contribution in [1.82, 2.24) is 0 Å². The number of amides is 1. The Morgan fingerprint density at radius 3 is 2.44 bits per heavy atom. The van der Waals surface area contributed by atoms with E-state index in [9.17, 15) is 14.7 Å². The molecule has 7 heteroatoms. The van der Waals surface area contributed by atoms with Crippen LogP contribution >= 0.6 is 0 Å². The van der Waals surface area contributed by atoms with Crippen LogP contribution in [0, 0.1) is 11.3 Å². The standard InChI is InChI=1S/C25H20N2O5/c1-2-13-31-19-11-7-17(8-12-19)23(28)21-22(20-4-3-14-32-20)27(25(30)24(21)29)18-9-5-16(15-26)6-10-18/h3-12,14,22,28H,2,13H2,1H3/b23-21-. The molecule has 1 aliphatic rings. The molecule has 32 heavy (non-hydrogen) atoms. The second-order valence-corrected chi connectivity index (χ2v) is 7.22. The highest BCUT2D eigenvalue weighted by Gasteiger charge is 2.48. The van der Waals surface area contributed by atoms with Gasteiger partial charge in [-0.15, -0.1) is 0 Å². The van der Waals surface area contributed by atoms with E-state index in [-0.39, 0.29) is 11.3 Å². The maximum absolute atomic E-state index is 13.0. The van der Waals surface area contributed by atoms with Crippen LogP contribution in [0.5, 0.6) is 5.75 Å². The van der Waals surface area contributed by atoms with Gasteiger partial charge in [0.05, 0.1) is 30.1 Å². The molecule has 1 aliphatic heterocycles. The number of Topliss-reactive ketones (excluding diaryl/α,β-unsaturated/α-hetero) is 1. The zero-order chi connectivity index (χ0) is 22.7. The average Bonchev–Trinajstić information content (AvgIpc) is 3.45. The lowest BCUT2D eigenvalue weighted by molar-refractivity contribution is -0.132. The number of anilines is 1. The summed E-state index contributed by atoms with van der Waals surface area (Å²) in [5, 5.41) is 20.1. The smallest absolute Gasteiger partial charge is 0.300 e. The van der Waals surface area contributed by atoms with Gasteiger partial charge in [-0.2, -0.15) is 5.26 Å². The fourth-order valence-corrected chi connectivity index (χ4v) is 3.60. The van der Waals surface area contributed by atoms with Gasteiger partial charge >= 0.3 is 0 Å². The van der Waals surface area contributed by atoms with E-state index in [0.29, 0.717) is 34.9 Å².